The van der Waals surface area contributed by atoms with E-state index in [4.69, 9.17) is 16.3 Å². The molecule has 0 radical (unpaired) electrons. The lowest BCUT2D eigenvalue weighted by atomic mass is 10.1. The van der Waals surface area contributed by atoms with Crippen molar-refractivity contribution in [2.75, 3.05) is 12.4 Å². The molecular formula is C20H15ClN4O2. The monoisotopic (exact) mass is 378 g/mol. The van der Waals surface area contributed by atoms with Gasteiger partial charge in [0.2, 0.25) is 0 Å². The Morgan fingerprint density at radius 2 is 1.85 bits per heavy atom. The molecule has 1 N–H and O–H groups in total. The van der Waals surface area contributed by atoms with Gasteiger partial charge in [-0.2, -0.15) is 0 Å². The number of methoxy groups -OCH3 is 1. The van der Waals surface area contributed by atoms with E-state index in [2.05, 4.69) is 15.3 Å². The molecular weight excluding hydrogens is 364 g/mol. The van der Waals surface area contributed by atoms with Crippen LogP contribution in [0, 0.1) is 0 Å². The summed E-state index contributed by atoms with van der Waals surface area (Å²) in [6.45, 7) is 0. The molecule has 0 aliphatic heterocycles. The molecule has 27 heavy (non-hydrogen) atoms. The molecule has 2 aromatic carbocycles. The molecule has 6 nitrogen and oxygen atoms in total. The van der Waals surface area contributed by atoms with Gasteiger partial charge in [-0.15, -0.1) is 0 Å². The first kappa shape index (κ1) is 17.1. The maximum absolute atomic E-state index is 11.7. The summed E-state index contributed by atoms with van der Waals surface area (Å²) in [6, 6.07) is 14.5. The summed E-state index contributed by atoms with van der Waals surface area (Å²) in [6.07, 6.45) is 5.23. The van der Waals surface area contributed by atoms with Crippen LogP contribution < -0.4 is 5.32 Å². The number of nitrogens with one attached hydrogen (secondary N) is 1. The predicted octanol–water partition coefficient (Wildman–Crippen LogP) is 4.58. The number of hydrogen-bond acceptors (Lipinski definition) is 5. The van der Waals surface area contributed by atoms with Gasteiger partial charge in [-0.25, -0.2) is 9.78 Å². The van der Waals surface area contributed by atoms with Crippen molar-refractivity contribution in [2.24, 2.45) is 0 Å². The maximum atomic E-state index is 11.7. The number of nitrogens with zero attached hydrogens (tertiary/aromatic N) is 3. The van der Waals surface area contributed by atoms with Gasteiger partial charge in [-0.1, -0.05) is 23.7 Å². The van der Waals surface area contributed by atoms with E-state index in [1.807, 2.05) is 47.0 Å². The van der Waals surface area contributed by atoms with E-state index >= 15 is 0 Å². The summed E-state index contributed by atoms with van der Waals surface area (Å²) >= 11 is 5.98. The number of aromatic nitrogens is 3. The SMILES string of the molecule is COC(=O)c1ccc(-c2nc3cnccn3c2Nc2ccc(Cl)cc2)cc1. The highest BCUT2D eigenvalue weighted by Crippen LogP contribution is 2.31. The summed E-state index contributed by atoms with van der Waals surface area (Å²) in [5, 5.41) is 4.06. The van der Waals surface area contributed by atoms with Crippen molar-refractivity contribution in [3.63, 3.8) is 0 Å². The van der Waals surface area contributed by atoms with Crippen LogP contribution >= 0.6 is 11.6 Å². The molecule has 0 unspecified atom stereocenters. The number of anilines is 2. The van der Waals surface area contributed by atoms with E-state index < -0.39 is 0 Å². The third kappa shape index (κ3) is 3.35. The molecule has 0 spiro atoms. The molecule has 0 aliphatic rings. The lowest BCUT2D eigenvalue weighted by Gasteiger charge is -2.09. The fraction of sp³-hybridized carbons (Fsp3) is 0.0500. The highest BCUT2D eigenvalue weighted by Gasteiger charge is 2.15. The van der Waals surface area contributed by atoms with Gasteiger partial charge in [0, 0.05) is 28.7 Å². The summed E-state index contributed by atoms with van der Waals surface area (Å²) < 4.78 is 6.67. The number of rotatable bonds is 4. The molecule has 0 atom stereocenters. The van der Waals surface area contributed by atoms with Crippen LogP contribution in [-0.4, -0.2) is 27.4 Å². The van der Waals surface area contributed by atoms with Crippen molar-refractivity contribution in [1.29, 1.82) is 0 Å². The Morgan fingerprint density at radius 1 is 1.11 bits per heavy atom. The molecule has 0 bridgehead atoms. The average molecular weight is 379 g/mol. The van der Waals surface area contributed by atoms with Crippen LogP contribution in [0.4, 0.5) is 11.5 Å². The number of imidazole rings is 1. The van der Waals surface area contributed by atoms with Gasteiger partial charge < -0.3 is 10.1 Å². The fourth-order valence-electron chi connectivity index (χ4n) is 2.78. The van der Waals surface area contributed by atoms with Gasteiger partial charge >= 0.3 is 5.97 Å². The Balaban J connectivity index is 1.80. The van der Waals surface area contributed by atoms with E-state index in [0.29, 0.717) is 16.2 Å². The van der Waals surface area contributed by atoms with E-state index in [-0.39, 0.29) is 5.97 Å². The molecule has 4 aromatic rings. The van der Waals surface area contributed by atoms with E-state index in [9.17, 15) is 4.79 Å². The largest absolute Gasteiger partial charge is 0.465 e. The quantitative estimate of drug-likeness (QED) is 0.526. The van der Waals surface area contributed by atoms with Crippen molar-refractivity contribution in [2.45, 2.75) is 0 Å². The molecule has 2 aromatic heterocycles. The Morgan fingerprint density at radius 3 is 2.56 bits per heavy atom. The highest BCUT2D eigenvalue weighted by molar-refractivity contribution is 6.30. The van der Waals surface area contributed by atoms with Crippen LogP contribution in [-0.2, 0) is 4.74 Å². The number of fused-ring (bicyclic) bond motifs is 1. The minimum atomic E-state index is -0.375. The normalized spacial score (nSPS) is 10.7. The Bertz CT molecular complexity index is 1110. The van der Waals surface area contributed by atoms with Gasteiger partial charge in [-0.05, 0) is 36.4 Å². The van der Waals surface area contributed by atoms with Gasteiger partial charge in [0.1, 0.15) is 11.5 Å². The molecule has 4 rings (SSSR count). The summed E-state index contributed by atoms with van der Waals surface area (Å²) in [7, 11) is 1.36. The average Bonchev–Trinajstić information content (AvgIpc) is 3.08. The molecule has 0 aliphatic carbocycles. The number of carbonyl (C=O) groups is 1. The highest BCUT2D eigenvalue weighted by atomic mass is 35.5. The first-order chi connectivity index (χ1) is 13.2. The molecule has 7 heteroatoms. The molecule has 2 heterocycles. The van der Waals surface area contributed by atoms with Crippen molar-refractivity contribution in [1.82, 2.24) is 14.4 Å². The first-order valence-corrected chi connectivity index (χ1v) is 8.57. The van der Waals surface area contributed by atoms with Crippen LogP contribution in [0.2, 0.25) is 5.02 Å². The number of hydrogen-bond donors (Lipinski definition) is 1. The molecule has 0 saturated carbocycles. The number of halogens is 1. The van der Waals surface area contributed by atoms with Gasteiger partial charge in [0.25, 0.3) is 0 Å². The minimum absolute atomic E-state index is 0.375. The minimum Gasteiger partial charge on any atom is -0.465 e. The zero-order valence-electron chi connectivity index (χ0n) is 14.4. The van der Waals surface area contributed by atoms with E-state index in [0.717, 1.165) is 22.8 Å². The maximum Gasteiger partial charge on any atom is 0.337 e. The molecule has 0 amide bonds. The molecule has 0 saturated heterocycles. The summed E-state index contributed by atoms with van der Waals surface area (Å²) in [4.78, 5) is 20.5. The zero-order chi connectivity index (χ0) is 18.8. The standard InChI is InChI=1S/C20H15ClN4O2/c1-27-20(26)14-4-2-13(3-5-14)18-19(23-16-8-6-15(21)7-9-16)25-11-10-22-12-17(25)24-18/h2-12,23H,1H3. The van der Waals surface area contributed by atoms with Crippen LogP contribution in [0.5, 0.6) is 0 Å². The second-order valence-corrected chi connectivity index (χ2v) is 6.25. The third-order valence-electron chi connectivity index (χ3n) is 4.12. The number of esters is 1. The van der Waals surface area contributed by atoms with Crippen LogP contribution in [0.25, 0.3) is 16.9 Å². The number of carbonyl (C=O) groups excluding carboxylic acids is 1. The van der Waals surface area contributed by atoms with E-state index in [1.165, 1.54) is 7.11 Å². The number of benzene rings is 2. The van der Waals surface area contributed by atoms with Gasteiger partial charge in [0.15, 0.2) is 5.65 Å². The first-order valence-electron chi connectivity index (χ1n) is 8.19. The Hall–Kier alpha value is -3.38. The predicted molar refractivity (Wildman–Crippen MR) is 104 cm³/mol. The fourth-order valence-corrected chi connectivity index (χ4v) is 2.91. The third-order valence-corrected chi connectivity index (χ3v) is 4.37. The van der Waals surface area contributed by atoms with Crippen LogP contribution in [0.15, 0.2) is 67.1 Å². The molecule has 0 fully saturated rings. The van der Waals surface area contributed by atoms with Gasteiger partial charge in [0.05, 0.1) is 18.9 Å². The summed E-state index contributed by atoms with van der Waals surface area (Å²) in [5.74, 6) is 0.417. The number of ether oxygens (including phenoxy) is 1. The van der Waals surface area contributed by atoms with E-state index in [1.54, 1.807) is 24.5 Å². The topological polar surface area (TPSA) is 68.5 Å². The van der Waals surface area contributed by atoms with Crippen molar-refractivity contribution in [3.05, 3.63) is 77.7 Å². The smallest absolute Gasteiger partial charge is 0.337 e. The van der Waals surface area contributed by atoms with Gasteiger partial charge in [-0.3, -0.25) is 9.38 Å². The van der Waals surface area contributed by atoms with Crippen molar-refractivity contribution in [3.8, 4) is 11.3 Å². The Labute approximate surface area is 160 Å². The second kappa shape index (κ2) is 7.09. The lowest BCUT2D eigenvalue weighted by Crippen LogP contribution is -2.00. The lowest BCUT2D eigenvalue weighted by molar-refractivity contribution is 0.0601. The van der Waals surface area contributed by atoms with Crippen molar-refractivity contribution < 1.29 is 9.53 Å². The second-order valence-electron chi connectivity index (χ2n) is 5.81. The van der Waals surface area contributed by atoms with Crippen molar-refractivity contribution >= 4 is 34.7 Å². The zero-order valence-corrected chi connectivity index (χ0v) is 15.1. The van der Waals surface area contributed by atoms with Crippen LogP contribution in [0.1, 0.15) is 10.4 Å². The van der Waals surface area contributed by atoms with Crippen LogP contribution in [0.3, 0.4) is 0 Å². The molecule has 134 valence electrons. The summed E-state index contributed by atoms with van der Waals surface area (Å²) in [5.41, 5.74) is 3.68. The Kier molecular flexibility index (Phi) is 4.48.